The molecular weight excluding hydrogens is 516 g/mol. The second-order valence-corrected chi connectivity index (χ2v) is 14.1. The van der Waals surface area contributed by atoms with Gasteiger partial charge in [-0.25, -0.2) is 22.8 Å². The molecule has 0 saturated carbocycles. The van der Waals surface area contributed by atoms with Crippen LogP contribution < -0.4 is 31.9 Å². The monoisotopic (exact) mass is 564 g/mol. The maximum Gasteiger partial charge on any atom is 0.315 e. The summed E-state index contributed by atoms with van der Waals surface area (Å²) in [4.78, 5) is 32.5. The number of sulfone groups is 1. The molecule has 0 aliphatic carbocycles. The third kappa shape index (κ3) is 8.56. The number of rotatable bonds is 0. The number of carbonyl (C=O) groups is 3. The Balaban J connectivity index is 0.000000260. The highest BCUT2D eigenvalue weighted by Crippen LogP contribution is 2.29. The highest BCUT2D eigenvalue weighted by molar-refractivity contribution is 8.00. The molecule has 0 aromatic carbocycles. The quantitative estimate of drug-likeness (QED) is 0.248. The number of nitrogens with one attached hydrogen (secondary N) is 6. The first-order valence-corrected chi connectivity index (χ1v) is 16.0. The fraction of sp³-hybridized carbons (Fsp3) is 0.875. The minimum atomic E-state index is -2.98. The molecule has 6 N–H and O–H groups in total. The van der Waals surface area contributed by atoms with Crippen LogP contribution >= 0.6 is 11.8 Å². The van der Waals surface area contributed by atoms with Crippen LogP contribution in [-0.4, -0.2) is 84.8 Å². The van der Waals surface area contributed by atoms with Crippen molar-refractivity contribution in [3.63, 3.8) is 0 Å². The average molecular weight is 565 g/mol. The van der Waals surface area contributed by atoms with Gasteiger partial charge in [0, 0.05) is 17.0 Å². The molecule has 0 bridgehead atoms. The van der Waals surface area contributed by atoms with Gasteiger partial charge in [-0.2, -0.15) is 11.8 Å². The van der Waals surface area contributed by atoms with E-state index < -0.39 is 15.1 Å². The summed E-state index contributed by atoms with van der Waals surface area (Å²) in [6.07, 6.45) is 0. The molecule has 0 aromatic rings. The fourth-order valence-corrected chi connectivity index (χ4v) is 7.90. The third-order valence-electron chi connectivity index (χ3n) is 6.70. The highest BCUT2D eigenvalue weighted by atomic mass is 32.2. The van der Waals surface area contributed by atoms with Gasteiger partial charge in [0.25, 0.3) is 0 Å². The summed E-state index contributed by atoms with van der Waals surface area (Å²) in [5.74, 6) is 1.13. The molecule has 6 amide bonds. The number of hydrogen-bond acceptors (Lipinski definition) is 6. The summed E-state index contributed by atoms with van der Waals surface area (Å²) in [6, 6.07) is 0.480. The minimum Gasteiger partial charge on any atom is -0.334 e. The molecular formula is C24H48N6O5S2. The molecule has 0 radical (unpaired) electrons. The first kappa shape index (κ1) is 33.1. The second-order valence-electron chi connectivity index (χ2n) is 10.3. The van der Waals surface area contributed by atoms with Crippen LogP contribution in [0.25, 0.3) is 0 Å². The molecule has 11 nitrogen and oxygen atoms in total. The lowest BCUT2D eigenvalue weighted by Crippen LogP contribution is -2.42. The average Bonchev–Trinajstić information content (AvgIpc) is 3.59. The van der Waals surface area contributed by atoms with E-state index in [1.807, 2.05) is 46.4 Å². The summed E-state index contributed by atoms with van der Waals surface area (Å²) < 4.78 is 22.6. The van der Waals surface area contributed by atoms with Crippen LogP contribution in [0.4, 0.5) is 14.4 Å². The zero-order valence-corrected chi connectivity index (χ0v) is 25.5. The van der Waals surface area contributed by atoms with Gasteiger partial charge in [0.2, 0.25) is 0 Å². The molecule has 5 saturated heterocycles. The van der Waals surface area contributed by atoms with Crippen molar-refractivity contribution in [2.24, 2.45) is 5.41 Å². The molecule has 5 fully saturated rings. The van der Waals surface area contributed by atoms with Gasteiger partial charge in [-0.1, -0.05) is 55.4 Å². The topological polar surface area (TPSA) is 158 Å². The van der Waals surface area contributed by atoms with Crippen LogP contribution in [-0.2, 0) is 9.84 Å². The maximum atomic E-state index is 11.3. The smallest absolute Gasteiger partial charge is 0.315 e. The van der Waals surface area contributed by atoms with Crippen molar-refractivity contribution in [2.45, 2.75) is 116 Å². The van der Waals surface area contributed by atoms with Gasteiger partial charge >= 0.3 is 18.1 Å². The fourth-order valence-electron chi connectivity index (χ4n) is 4.83. The molecule has 5 heterocycles. The Hall–Kier alpha value is -1.89. The van der Waals surface area contributed by atoms with E-state index in [4.69, 9.17) is 0 Å². The zero-order valence-electron chi connectivity index (χ0n) is 23.9. The first-order chi connectivity index (χ1) is 17.2. The van der Waals surface area contributed by atoms with Gasteiger partial charge in [0.15, 0.2) is 9.84 Å². The van der Waals surface area contributed by atoms with Crippen molar-refractivity contribution in [2.75, 3.05) is 11.5 Å². The Labute approximate surface area is 227 Å². The third-order valence-corrected chi connectivity index (χ3v) is 10.3. The predicted octanol–water partition coefficient (Wildman–Crippen LogP) is 2.18. The van der Waals surface area contributed by atoms with Crippen LogP contribution in [0.2, 0.25) is 0 Å². The molecule has 0 aromatic heterocycles. The van der Waals surface area contributed by atoms with Gasteiger partial charge in [-0.3, -0.25) is 0 Å². The van der Waals surface area contributed by atoms with Crippen molar-refractivity contribution in [3.8, 4) is 0 Å². The molecule has 8 atom stereocenters. The number of carbonyl (C=O) groups excluding carboxylic acids is 3. The molecule has 0 spiro atoms. The number of urea groups is 3. The Bertz CT molecular complexity index is 895. The summed E-state index contributed by atoms with van der Waals surface area (Å²) in [6.45, 7) is 20.2. The lowest BCUT2D eigenvalue weighted by atomic mass is 9.84. The summed E-state index contributed by atoms with van der Waals surface area (Å²) in [5.41, 5.74) is 0.137. The Morgan fingerprint density at radius 3 is 1.62 bits per heavy atom. The van der Waals surface area contributed by atoms with Crippen molar-refractivity contribution in [1.82, 2.24) is 31.9 Å². The van der Waals surface area contributed by atoms with E-state index in [2.05, 4.69) is 59.6 Å². The van der Waals surface area contributed by atoms with Crippen LogP contribution in [0.3, 0.4) is 0 Å². The second kappa shape index (κ2) is 13.8. The van der Waals surface area contributed by atoms with E-state index in [1.54, 1.807) is 6.92 Å². The molecule has 2 unspecified atom stereocenters. The van der Waals surface area contributed by atoms with Crippen molar-refractivity contribution in [1.29, 1.82) is 0 Å². The predicted molar refractivity (Wildman–Crippen MR) is 151 cm³/mol. The summed E-state index contributed by atoms with van der Waals surface area (Å²) in [7, 11) is -2.98. The standard InChI is InChI=1S/C8H16N2O.C6H10N2O3S.C6H10N2OS.2C2H6/c1-5-6(8(2,3)4)10-7(11)9-5;1-3-5-4(2-12(3,10)11)7-6(9)8-5;1-3-5-4(2-10-3)7-6(9)8-5;2*1-2/h5-6H,1-4H3,(H2,9,10,11);3-5H,2H2,1H3,(H2,7,8,9);3-5H,2H2,1H3,(H2,7,8,9);2*1-2H3/t;2*3-,4-,5+;;/m.00../s1. The van der Waals surface area contributed by atoms with Crippen molar-refractivity contribution in [3.05, 3.63) is 0 Å². The van der Waals surface area contributed by atoms with E-state index in [0.29, 0.717) is 17.3 Å². The lowest BCUT2D eigenvalue weighted by Gasteiger charge is -2.28. The Kier molecular flexibility index (Phi) is 12.3. The number of hydrogen-bond donors (Lipinski definition) is 6. The molecule has 37 heavy (non-hydrogen) atoms. The highest BCUT2D eigenvalue weighted by Gasteiger charge is 2.49. The van der Waals surface area contributed by atoms with E-state index in [0.717, 1.165) is 5.75 Å². The zero-order chi connectivity index (χ0) is 28.7. The maximum absolute atomic E-state index is 11.3. The summed E-state index contributed by atoms with van der Waals surface area (Å²) >= 11 is 1.91. The van der Waals surface area contributed by atoms with Crippen LogP contribution in [0, 0.1) is 5.41 Å². The first-order valence-electron chi connectivity index (χ1n) is 13.2. The van der Waals surface area contributed by atoms with Crippen LogP contribution in [0.15, 0.2) is 0 Å². The van der Waals surface area contributed by atoms with E-state index in [1.165, 1.54) is 0 Å². The van der Waals surface area contributed by atoms with E-state index >= 15 is 0 Å². The summed E-state index contributed by atoms with van der Waals surface area (Å²) in [5, 5.41) is 16.8. The molecule has 5 aliphatic rings. The SMILES string of the molecule is CC.CC.CC1NC(=O)NC1C(C)(C)C.C[C@@H]1SC[C@@H]2NC(=O)N[C@@H]21.C[C@H]1[C@H]2NC(=O)N[C@H]2CS1(=O)=O. The Morgan fingerprint density at radius 2 is 1.22 bits per heavy atom. The van der Waals surface area contributed by atoms with Crippen molar-refractivity contribution < 1.29 is 22.8 Å². The van der Waals surface area contributed by atoms with E-state index in [9.17, 15) is 22.8 Å². The number of amides is 6. The van der Waals surface area contributed by atoms with Gasteiger partial charge in [0.05, 0.1) is 41.2 Å². The molecule has 216 valence electrons. The van der Waals surface area contributed by atoms with Crippen LogP contribution in [0.5, 0.6) is 0 Å². The molecule has 5 rings (SSSR count). The largest absolute Gasteiger partial charge is 0.334 e. The minimum absolute atomic E-state index is 0.00199. The van der Waals surface area contributed by atoms with Gasteiger partial charge in [-0.15, -0.1) is 0 Å². The van der Waals surface area contributed by atoms with Gasteiger partial charge in [0.1, 0.15) is 0 Å². The lowest BCUT2D eigenvalue weighted by molar-refractivity contribution is 0.240. The Morgan fingerprint density at radius 1 is 0.730 bits per heavy atom. The molecule has 5 aliphatic heterocycles. The van der Waals surface area contributed by atoms with Crippen LogP contribution in [0.1, 0.15) is 69.2 Å². The number of fused-ring (bicyclic) bond motifs is 2. The molecule has 13 heteroatoms. The van der Waals surface area contributed by atoms with Gasteiger partial charge < -0.3 is 31.9 Å². The van der Waals surface area contributed by atoms with Gasteiger partial charge in [-0.05, 0) is 19.3 Å². The number of thioether (sulfide) groups is 1. The normalized spacial score (nSPS) is 35.8. The van der Waals surface area contributed by atoms with Crippen molar-refractivity contribution >= 4 is 39.7 Å². The van der Waals surface area contributed by atoms with E-state index in [-0.39, 0.29) is 53.4 Å².